The minimum absolute atomic E-state index is 0.406. The van der Waals surface area contributed by atoms with Crippen LogP contribution in [-0.4, -0.2) is 28.8 Å². The number of aromatic nitrogens is 2. The average molecular weight is 284 g/mol. The highest BCUT2D eigenvalue weighted by molar-refractivity contribution is 7.99. The molecule has 0 saturated carbocycles. The van der Waals surface area contributed by atoms with Gasteiger partial charge in [-0.3, -0.25) is 0 Å². The van der Waals surface area contributed by atoms with Crippen LogP contribution in [0.2, 0.25) is 5.28 Å². The summed E-state index contributed by atoms with van der Waals surface area (Å²) in [5.41, 5.74) is 1.15. The monoisotopic (exact) mass is 283 g/mol. The Hall–Kier alpha value is -0.480. The molecule has 0 amide bonds. The van der Waals surface area contributed by atoms with Gasteiger partial charge in [-0.25, -0.2) is 4.98 Å². The normalized spacial score (nSPS) is 20.2. The van der Waals surface area contributed by atoms with E-state index in [0.29, 0.717) is 5.28 Å². The molecule has 1 saturated heterocycles. The second-order valence-electron chi connectivity index (χ2n) is 5.03. The summed E-state index contributed by atoms with van der Waals surface area (Å²) in [5.74, 6) is 3.09. The summed E-state index contributed by atoms with van der Waals surface area (Å²) in [6.07, 6.45) is 4.88. The third-order valence-electron chi connectivity index (χ3n) is 3.97. The van der Waals surface area contributed by atoms with Crippen LogP contribution in [0.4, 0.5) is 5.82 Å². The van der Waals surface area contributed by atoms with Crippen molar-refractivity contribution in [3.63, 3.8) is 0 Å². The number of rotatable bonds is 2. The summed E-state index contributed by atoms with van der Waals surface area (Å²) < 4.78 is 0. The molecule has 0 unspecified atom stereocenters. The quantitative estimate of drug-likeness (QED) is 0.778. The maximum Gasteiger partial charge on any atom is 0.224 e. The van der Waals surface area contributed by atoms with Crippen molar-refractivity contribution in [3.8, 4) is 0 Å². The molecule has 98 valence electrons. The van der Waals surface area contributed by atoms with Gasteiger partial charge in [0, 0.05) is 25.3 Å². The second kappa shape index (κ2) is 5.25. The first kappa shape index (κ1) is 12.5. The van der Waals surface area contributed by atoms with Gasteiger partial charge in [-0.15, -0.1) is 11.8 Å². The van der Waals surface area contributed by atoms with Crippen LogP contribution in [0, 0.1) is 5.92 Å². The second-order valence-corrected chi connectivity index (χ2v) is 6.47. The average Bonchev–Trinajstić information content (AvgIpc) is 2.86. The van der Waals surface area contributed by atoms with Gasteiger partial charge in [0.1, 0.15) is 5.82 Å². The van der Waals surface area contributed by atoms with Crippen molar-refractivity contribution in [3.05, 3.63) is 11.0 Å². The topological polar surface area (TPSA) is 29.0 Å². The van der Waals surface area contributed by atoms with E-state index in [9.17, 15) is 0 Å². The number of aryl methyl sites for hydroxylation is 1. The maximum atomic E-state index is 6.05. The number of hydrogen-bond donors (Lipinski definition) is 0. The van der Waals surface area contributed by atoms with Gasteiger partial charge in [-0.05, 0) is 30.4 Å². The van der Waals surface area contributed by atoms with Gasteiger partial charge in [-0.1, -0.05) is 13.3 Å². The minimum atomic E-state index is 0.406. The van der Waals surface area contributed by atoms with Crippen LogP contribution in [0.5, 0.6) is 0 Å². The number of hydrogen-bond acceptors (Lipinski definition) is 4. The van der Waals surface area contributed by atoms with Crippen molar-refractivity contribution in [1.82, 2.24) is 9.97 Å². The van der Waals surface area contributed by atoms with Crippen LogP contribution in [0.25, 0.3) is 0 Å². The van der Waals surface area contributed by atoms with Crippen LogP contribution in [0.3, 0.4) is 0 Å². The summed E-state index contributed by atoms with van der Waals surface area (Å²) >= 11 is 7.92. The van der Waals surface area contributed by atoms with Gasteiger partial charge >= 0.3 is 0 Å². The van der Waals surface area contributed by atoms with Crippen molar-refractivity contribution in [2.24, 2.45) is 5.92 Å². The van der Waals surface area contributed by atoms with E-state index in [-0.39, 0.29) is 0 Å². The van der Waals surface area contributed by atoms with Gasteiger partial charge in [0.2, 0.25) is 5.28 Å². The summed E-state index contributed by atoms with van der Waals surface area (Å²) in [5, 5.41) is 0.406. The molecule has 0 spiro atoms. The molecule has 3 rings (SSSR count). The van der Waals surface area contributed by atoms with Crippen molar-refractivity contribution in [1.29, 1.82) is 0 Å². The fraction of sp³-hybridized carbons (Fsp3) is 0.692. The SMILES string of the molecule is CCC1CCN(c2nc(Cl)nc3c2SCC3)CC1. The molecule has 1 aromatic rings. The number of halogens is 1. The first-order chi connectivity index (χ1) is 8.78. The molecule has 5 heteroatoms. The van der Waals surface area contributed by atoms with Gasteiger partial charge in [-0.2, -0.15) is 4.98 Å². The van der Waals surface area contributed by atoms with Crippen LogP contribution >= 0.6 is 23.4 Å². The molecule has 0 bridgehead atoms. The highest BCUT2D eigenvalue weighted by Gasteiger charge is 2.26. The molecule has 0 radical (unpaired) electrons. The molecular formula is C13H18ClN3S. The predicted molar refractivity (Wildman–Crippen MR) is 76.7 cm³/mol. The standard InChI is InChI=1S/C13H18ClN3S/c1-2-9-3-6-17(7-4-9)12-11-10(5-8-18-11)15-13(14)16-12/h9H,2-8H2,1H3. The van der Waals surface area contributed by atoms with Crippen LogP contribution in [0.1, 0.15) is 31.9 Å². The Labute approximate surface area is 117 Å². The van der Waals surface area contributed by atoms with Gasteiger partial charge in [0.15, 0.2) is 0 Å². The molecular weight excluding hydrogens is 266 g/mol. The lowest BCUT2D eigenvalue weighted by atomic mass is 9.94. The highest BCUT2D eigenvalue weighted by Crippen LogP contribution is 2.39. The fourth-order valence-electron chi connectivity index (χ4n) is 2.79. The van der Waals surface area contributed by atoms with E-state index in [4.69, 9.17) is 11.6 Å². The number of anilines is 1. The van der Waals surface area contributed by atoms with Crippen LogP contribution in [-0.2, 0) is 6.42 Å². The van der Waals surface area contributed by atoms with Crippen molar-refractivity contribution in [2.45, 2.75) is 37.5 Å². The van der Waals surface area contributed by atoms with Crippen LogP contribution in [0.15, 0.2) is 4.90 Å². The maximum absolute atomic E-state index is 6.05. The molecule has 0 aromatic carbocycles. The Bertz CT molecular complexity index is 444. The van der Waals surface area contributed by atoms with E-state index in [1.54, 1.807) is 0 Å². The Kier molecular flexibility index (Phi) is 3.66. The Balaban J connectivity index is 1.84. The number of nitrogens with zero attached hydrogens (tertiary/aromatic N) is 3. The van der Waals surface area contributed by atoms with Crippen molar-refractivity contribution in [2.75, 3.05) is 23.7 Å². The highest BCUT2D eigenvalue weighted by atomic mass is 35.5. The van der Waals surface area contributed by atoms with Gasteiger partial charge < -0.3 is 4.90 Å². The molecule has 3 nitrogen and oxygen atoms in total. The van der Waals surface area contributed by atoms with E-state index in [1.807, 2.05) is 11.8 Å². The summed E-state index contributed by atoms with van der Waals surface area (Å²) in [7, 11) is 0. The molecule has 1 fully saturated rings. The van der Waals surface area contributed by atoms with E-state index >= 15 is 0 Å². The largest absolute Gasteiger partial charge is 0.356 e. The molecule has 3 heterocycles. The number of piperidine rings is 1. The van der Waals surface area contributed by atoms with Crippen molar-refractivity contribution < 1.29 is 0 Å². The Morgan fingerprint density at radius 2 is 2.11 bits per heavy atom. The Morgan fingerprint density at radius 1 is 1.33 bits per heavy atom. The lowest BCUT2D eigenvalue weighted by molar-refractivity contribution is 0.392. The van der Waals surface area contributed by atoms with Crippen LogP contribution < -0.4 is 4.90 Å². The van der Waals surface area contributed by atoms with Gasteiger partial charge in [0.05, 0.1) is 10.6 Å². The molecule has 2 aliphatic rings. The zero-order valence-electron chi connectivity index (χ0n) is 10.7. The fourth-order valence-corrected chi connectivity index (χ4v) is 4.09. The van der Waals surface area contributed by atoms with Crippen molar-refractivity contribution >= 4 is 29.2 Å². The van der Waals surface area contributed by atoms with E-state index in [1.165, 1.54) is 24.2 Å². The zero-order chi connectivity index (χ0) is 12.5. The zero-order valence-corrected chi connectivity index (χ0v) is 12.2. The van der Waals surface area contributed by atoms with E-state index < -0.39 is 0 Å². The molecule has 0 aliphatic carbocycles. The summed E-state index contributed by atoms with van der Waals surface area (Å²) in [4.78, 5) is 12.5. The molecule has 1 aromatic heterocycles. The molecule has 18 heavy (non-hydrogen) atoms. The predicted octanol–water partition coefficient (Wildman–Crippen LogP) is 3.40. The molecule has 2 aliphatic heterocycles. The van der Waals surface area contributed by atoms with Gasteiger partial charge in [0.25, 0.3) is 0 Å². The Morgan fingerprint density at radius 3 is 2.83 bits per heavy atom. The smallest absolute Gasteiger partial charge is 0.224 e. The number of thioether (sulfide) groups is 1. The molecule has 0 N–H and O–H groups in total. The first-order valence-corrected chi connectivity index (χ1v) is 8.08. The first-order valence-electron chi connectivity index (χ1n) is 6.72. The van der Waals surface area contributed by atoms with E-state index in [2.05, 4.69) is 21.8 Å². The third kappa shape index (κ3) is 2.32. The molecule has 0 atom stereocenters. The lowest BCUT2D eigenvalue weighted by Gasteiger charge is -2.33. The van der Waals surface area contributed by atoms with E-state index in [0.717, 1.165) is 42.7 Å². The summed E-state index contributed by atoms with van der Waals surface area (Å²) in [6, 6.07) is 0. The number of fused-ring (bicyclic) bond motifs is 1. The third-order valence-corrected chi connectivity index (χ3v) is 5.25. The lowest BCUT2D eigenvalue weighted by Crippen LogP contribution is -2.34. The summed E-state index contributed by atoms with van der Waals surface area (Å²) in [6.45, 7) is 4.51. The minimum Gasteiger partial charge on any atom is -0.356 e.